The van der Waals surface area contributed by atoms with Crippen LogP contribution in [0.5, 0.6) is 5.88 Å². The molecule has 0 aliphatic carbocycles. The van der Waals surface area contributed by atoms with Gasteiger partial charge in [-0.1, -0.05) is 0 Å². The molecule has 2 aromatic rings. The van der Waals surface area contributed by atoms with E-state index in [4.69, 9.17) is 4.74 Å². The summed E-state index contributed by atoms with van der Waals surface area (Å²) < 4.78 is 47.5. The molecule has 0 amide bonds. The number of ether oxygens (including phenoxy) is 1. The van der Waals surface area contributed by atoms with Gasteiger partial charge in [0.05, 0.1) is 0 Å². The number of aromatic nitrogens is 2. The molecule has 1 aromatic heterocycles. The van der Waals surface area contributed by atoms with Gasteiger partial charge in [0.15, 0.2) is 0 Å². The number of nitrogens with zero attached hydrogens (tertiary/aromatic N) is 2. The quantitative estimate of drug-likeness (QED) is 0.855. The van der Waals surface area contributed by atoms with Gasteiger partial charge in [-0.3, -0.25) is 0 Å². The van der Waals surface area contributed by atoms with E-state index in [1.54, 1.807) is 6.07 Å². The molecule has 2 heterocycles. The Bertz CT molecular complexity index is 812. The molecule has 4 nitrogen and oxygen atoms in total. The second-order valence-corrected chi connectivity index (χ2v) is 6.66. The summed E-state index contributed by atoms with van der Waals surface area (Å²) in [5, 5.41) is 3.34. The molecule has 0 atom stereocenters. The number of rotatable bonds is 3. The van der Waals surface area contributed by atoms with Crippen LogP contribution in [0.1, 0.15) is 19.4 Å². The summed E-state index contributed by atoms with van der Waals surface area (Å²) in [7, 11) is 0. The number of hydrogen-bond donors (Lipinski definition) is 1. The maximum atomic E-state index is 13.2. The minimum atomic E-state index is -1.49. The van der Waals surface area contributed by atoms with Crippen LogP contribution >= 0.6 is 0 Å². The van der Waals surface area contributed by atoms with Crippen molar-refractivity contribution >= 4 is 5.82 Å². The predicted molar refractivity (Wildman–Crippen MR) is 73.8 cm³/mol. The Kier molecular flexibility index (Phi) is 4.02. The Hall–Kier alpha value is -1.73. The first-order valence-corrected chi connectivity index (χ1v) is 7.63. The van der Waals surface area contributed by atoms with E-state index in [9.17, 15) is 13.2 Å². The fraction of sp³-hybridized carbons (Fsp3) is 0.333. The van der Waals surface area contributed by atoms with Gasteiger partial charge in [0, 0.05) is 0 Å². The average Bonchev–Trinajstić information content (AvgIpc) is 2.77. The molecule has 121 valence electrons. The van der Waals surface area contributed by atoms with Crippen molar-refractivity contribution in [2.45, 2.75) is 32.5 Å². The van der Waals surface area contributed by atoms with E-state index in [-0.39, 0.29) is 17.7 Å². The molecule has 1 aliphatic heterocycles. The van der Waals surface area contributed by atoms with Crippen molar-refractivity contribution in [2.24, 2.45) is 0 Å². The number of benzene rings is 1. The van der Waals surface area contributed by atoms with Crippen molar-refractivity contribution in [3.63, 3.8) is 0 Å². The van der Waals surface area contributed by atoms with Crippen molar-refractivity contribution in [2.75, 3.05) is 5.32 Å². The first-order valence-electron chi connectivity index (χ1n) is 6.93. The summed E-state index contributed by atoms with van der Waals surface area (Å²) in [5.74, 6) is -2.79. The molecule has 1 N–H and O–H groups in total. The number of hydrogen-bond acceptors (Lipinski definition) is 3. The van der Waals surface area contributed by atoms with Gasteiger partial charge in [0.1, 0.15) is 0 Å². The Morgan fingerprint density at radius 3 is 2.57 bits per heavy atom. The first kappa shape index (κ1) is 16.1. The SMILES string of the molecule is CC1(C)Cn2c(cc(OCc3cc(F)c(F)c(F)c3)n[c]2=[V])N1. The third-order valence-electron chi connectivity index (χ3n) is 3.45. The minimum absolute atomic E-state index is 0.0921. The molecule has 0 fully saturated rings. The molecule has 1 aromatic carbocycles. The van der Waals surface area contributed by atoms with E-state index in [2.05, 4.69) is 41.1 Å². The molecule has 0 unspecified atom stereocenters. The molecule has 0 saturated heterocycles. The third kappa shape index (κ3) is 3.30. The van der Waals surface area contributed by atoms with E-state index in [0.717, 1.165) is 24.5 Å². The maximum absolute atomic E-state index is 13.2. The number of nitrogens with one attached hydrogen (secondary N) is 1. The van der Waals surface area contributed by atoms with Gasteiger partial charge in [-0.05, 0) is 0 Å². The molecule has 3 rings (SSSR count). The molecule has 8 heteroatoms. The van der Waals surface area contributed by atoms with Crippen LogP contribution in [-0.2, 0) is 30.1 Å². The van der Waals surface area contributed by atoms with E-state index in [1.807, 2.05) is 4.57 Å². The zero-order valence-electron chi connectivity index (χ0n) is 12.5. The van der Waals surface area contributed by atoms with E-state index >= 15 is 0 Å². The summed E-state index contributed by atoms with van der Waals surface area (Å²) in [6, 6.07) is 3.54. The number of fused-ring (bicyclic) bond motifs is 1. The first-order chi connectivity index (χ1) is 10.7. The summed E-state index contributed by atoms with van der Waals surface area (Å²) in [5.41, 5.74) is 0.0994. The van der Waals surface area contributed by atoms with Crippen LogP contribution in [0.25, 0.3) is 0 Å². The van der Waals surface area contributed by atoms with Crippen molar-refractivity contribution < 1.29 is 34.9 Å². The van der Waals surface area contributed by atoms with Gasteiger partial charge in [0.2, 0.25) is 0 Å². The molecule has 0 saturated carbocycles. The van der Waals surface area contributed by atoms with Crippen molar-refractivity contribution in [3.05, 3.63) is 45.3 Å². The molecule has 0 spiro atoms. The van der Waals surface area contributed by atoms with Gasteiger partial charge in [0.25, 0.3) is 0 Å². The Balaban J connectivity index is 1.80. The van der Waals surface area contributed by atoms with Crippen LogP contribution in [-0.4, -0.2) is 15.1 Å². The average molecular weight is 360 g/mol. The molecule has 1 aliphatic rings. The summed E-state index contributed by atoms with van der Waals surface area (Å²) in [4.78, 5) is 4.30. The van der Waals surface area contributed by atoms with Crippen LogP contribution in [0.15, 0.2) is 18.2 Å². The summed E-state index contributed by atoms with van der Waals surface area (Å²) in [6.07, 6.45) is 0. The van der Waals surface area contributed by atoms with E-state index < -0.39 is 17.5 Å². The fourth-order valence-electron chi connectivity index (χ4n) is 2.46. The van der Waals surface area contributed by atoms with Crippen molar-refractivity contribution in [1.82, 2.24) is 9.55 Å². The number of halogens is 3. The van der Waals surface area contributed by atoms with Crippen LogP contribution in [0.3, 0.4) is 0 Å². The Morgan fingerprint density at radius 1 is 1.26 bits per heavy atom. The zero-order valence-corrected chi connectivity index (χ0v) is 13.9. The second-order valence-electron chi connectivity index (χ2n) is 6.04. The fourth-order valence-corrected chi connectivity index (χ4v) is 2.89. The van der Waals surface area contributed by atoms with Gasteiger partial charge in [-0.15, -0.1) is 0 Å². The Labute approximate surface area is 139 Å². The normalized spacial score (nSPS) is 15.1. The molecule has 0 bridgehead atoms. The standard InChI is InChI=1S/C15H14F3N3O.V/c1-15(2)7-21-8-19-13(5-12(21)20-15)22-6-9-3-10(16)14(18)11(17)4-9;/h3-5,20H,6-7H2,1-2H3;. The zero-order chi connectivity index (χ0) is 16.8. The van der Waals surface area contributed by atoms with Crippen LogP contribution in [0.2, 0.25) is 0 Å². The van der Waals surface area contributed by atoms with Crippen molar-refractivity contribution in [3.8, 4) is 5.88 Å². The van der Waals surface area contributed by atoms with Crippen molar-refractivity contribution in [1.29, 1.82) is 0 Å². The Morgan fingerprint density at radius 2 is 1.91 bits per heavy atom. The molecular formula is C15H14F3N3OV. The van der Waals surface area contributed by atoms with Gasteiger partial charge in [-0.2, -0.15) is 0 Å². The monoisotopic (exact) mass is 360 g/mol. The van der Waals surface area contributed by atoms with E-state index in [0.29, 0.717) is 10.0 Å². The number of anilines is 1. The van der Waals surface area contributed by atoms with Crippen LogP contribution in [0, 0.1) is 21.6 Å². The van der Waals surface area contributed by atoms with Crippen LogP contribution in [0.4, 0.5) is 19.0 Å². The molecule has 0 radical (unpaired) electrons. The second kappa shape index (κ2) is 5.72. The van der Waals surface area contributed by atoms with Gasteiger partial charge < -0.3 is 0 Å². The van der Waals surface area contributed by atoms with Gasteiger partial charge >= 0.3 is 139 Å². The van der Waals surface area contributed by atoms with E-state index in [1.165, 1.54) is 0 Å². The topological polar surface area (TPSA) is 39.1 Å². The van der Waals surface area contributed by atoms with Crippen LogP contribution < -0.4 is 10.1 Å². The third-order valence-corrected chi connectivity index (χ3v) is 3.99. The summed E-state index contributed by atoms with van der Waals surface area (Å²) in [6.45, 7) is 4.79. The van der Waals surface area contributed by atoms with Gasteiger partial charge in [-0.25, -0.2) is 0 Å². The molecule has 23 heavy (non-hydrogen) atoms. The predicted octanol–water partition coefficient (Wildman–Crippen LogP) is 3.16. The summed E-state index contributed by atoms with van der Waals surface area (Å²) >= 11 is 2.36. The molecular weight excluding hydrogens is 346 g/mol.